The summed E-state index contributed by atoms with van der Waals surface area (Å²) >= 11 is 0. The van der Waals surface area contributed by atoms with Crippen LogP contribution < -0.4 is 20.7 Å². The molecule has 0 fully saturated rings. The molecule has 0 aliphatic carbocycles. The van der Waals surface area contributed by atoms with Crippen molar-refractivity contribution in [3.63, 3.8) is 0 Å². The smallest absolute Gasteiger partial charge is 0.258 e. The van der Waals surface area contributed by atoms with Gasteiger partial charge in [-0.05, 0) is 79.9 Å². The minimum atomic E-state index is -0.205. The van der Waals surface area contributed by atoms with E-state index in [1.54, 1.807) is 30.1 Å². The van der Waals surface area contributed by atoms with Crippen molar-refractivity contribution in [3.8, 4) is 16.9 Å². The van der Waals surface area contributed by atoms with Gasteiger partial charge in [-0.15, -0.1) is 0 Å². The van der Waals surface area contributed by atoms with E-state index in [1.807, 2.05) is 86.6 Å². The molecule has 0 heterocycles. The van der Waals surface area contributed by atoms with Gasteiger partial charge in [-0.3, -0.25) is 9.59 Å². The van der Waals surface area contributed by atoms with Crippen LogP contribution in [0.1, 0.15) is 38.3 Å². The Morgan fingerprint density at radius 2 is 1.61 bits per heavy atom. The van der Waals surface area contributed by atoms with E-state index >= 15 is 0 Å². The van der Waals surface area contributed by atoms with Gasteiger partial charge in [0.25, 0.3) is 11.8 Å². The van der Waals surface area contributed by atoms with Crippen molar-refractivity contribution in [2.45, 2.75) is 20.3 Å². The summed E-state index contributed by atoms with van der Waals surface area (Å²) < 4.78 is 5.84. The first-order valence-corrected chi connectivity index (χ1v) is 12.7. The molecule has 0 spiro atoms. The standard InChI is InChI=1S/C32H33N3O3/c1-22-13-15-24(16-14-22)26-9-4-5-10-27(26)31(36)34-28-18-17-25(21-23(28)2)32(37)35(3)29-11-6-7-12-30(29)38-20-8-19-33/h4-7,9-18,21H,8,19-20,33H2,1-3H3,(H,34,36). The number of nitrogens with zero attached hydrogens (tertiary/aromatic N) is 1. The minimum absolute atomic E-state index is 0.175. The fraction of sp³-hybridized carbons (Fsp3) is 0.188. The number of carbonyl (C=O) groups is 2. The molecule has 6 heteroatoms. The number of nitrogens with one attached hydrogen (secondary N) is 1. The van der Waals surface area contributed by atoms with E-state index in [0.717, 1.165) is 28.7 Å². The fourth-order valence-electron chi connectivity index (χ4n) is 4.22. The average molecular weight is 508 g/mol. The van der Waals surface area contributed by atoms with Crippen molar-refractivity contribution in [3.05, 3.63) is 113 Å². The Balaban J connectivity index is 1.52. The number of carbonyl (C=O) groups excluding carboxylic acids is 2. The third-order valence-corrected chi connectivity index (χ3v) is 6.39. The lowest BCUT2D eigenvalue weighted by atomic mass is 9.98. The highest BCUT2D eigenvalue weighted by Crippen LogP contribution is 2.30. The van der Waals surface area contributed by atoms with E-state index in [-0.39, 0.29) is 11.8 Å². The summed E-state index contributed by atoms with van der Waals surface area (Å²) in [7, 11) is 1.72. The number of amides is 2. The lowest BCUT2D eigenvalue weighted by molar-refractivity contribution is 0.0990. The van der Waals surface area contributed by atoms with Crippen molar-refractivity contribution >= 4 is 23.2 Å². The molecule has 0 aliphatic rings. The SMILES string of the molecule is Cc1ccc(-c2ccccc2C(=O)Nc2ccc(C(=O)N(C)c3ccccc3OCCCN)cc2C)cc1. The molecule has 0 radical (unpaired) electrons. The van der Waals surface area contributed by atoms with Gasteiger partial charge >= 0.3 is 0 Å². The average Bonchev–Trinajstić information content (AvgIpc) is 2.94. The zero-order chi connectivity index (χ0) is 27.1. The molecule has 0 saturated carbocycles. The predicted octanol–water partition coefficient (Wildman–Crippen LogP) is 6.23. The number of nitrogens with two attached hydrogens (primary N) is 1. The zero-order valence-corrected chi connectivity index (χ0v) is 22.0. The van der Waals surface area contributed by atoms with Gasteiger partial charge in [-0.2, -0.15) is 0 Å². The molecule has 194 valence electrons. The van der Waals surface area contributed by atoms with Crippen LogP contribution in [-0.2, 0) is 0 Å². The first kappa shape index (κ1) is 26.6. The second-order valence-electron chi connectivity index (χ2n) is 9.22. The molecule has 0 aromatic heterocycles. The predicted molar refractivity (Wildman–Crippen MR) is 154 cm³/mol. The number of hydrogen-bond donors (Lipinski definition) is 2. The van der Waals surface area contributed by atoms with Gasteiger partial charge < -0.3 is 20.7 Å². The normalized spacial score (nSPS) is 10.6. The molecular formula is C32H33N3O3. The Kier molecular flexibility index (Phi) is 8.56. The van der Waals surface area contributed by atoms with Crippen LogP contribution in [-0.4, -0.2) is 32.0 Å². The molecule has 4 aromatic carbocycles. The van der Waals surface area contributed by atoms with E-state index in [1.165, 1.54) is 0 Å². The molecule has 0 aliphatic heterocycles. The van der Waals surface area contributed by atoms with Gasteiger partial charge in [0.2, 0.25) is 0 Å². The highest BCUT2D eigenvalue weighted by Gasteiger charge is 2.19. The van der Waals surface area contributed by atoms with Crippen LogP contribution in [0.2, 0.25) is 0 Å². The maximum atomic E-state index is 13.3. The van der Waals surface area contributed by atoms with Crippen molar-refractivity contribution in [2.24, 2.45) is 5.73 Å². The highest BCUT2D eigenvalue weighted by molar-refractivity contribution is 6.10. The summed E-state index contributed by atoms with van der Waals surface area (Å²) in [4.78, 5) is 28.2. The third-order valence-electron chi connectivity index (χ3n) is 6.39. The maximum Gasteiger partial charge on any atom is 0.258 e. The summed E-state index contributed by atoms with van der Waals surface area (Å²) in [6.07, 6.45) is 0.730. The van der Waals surface area contributed by atoms with Gasteiger partial charge in [-0.1, -0.05) is 60.2 Å². The minimum Gasteiger partial charge on any atom is -0.491 e. The van der Waals surface area contributed by atoms with Crippen molar-refractivity contribution in [1.82, 2.24) is 0 Å². The van der Waals surface area contributed by atoms with Gasteiger partial charge in [0, 0.05) is 23.9 Å². The Hall–Kier alpha value is -4.42. The third kappa shape index (κ3) is 6.10. The number of ether oxygens (including phenoxy) is 1. The number of hydrogen-bond acceptors (Lipinski definition) is 4. The molecule has 38 heavy (non-hydrogen) atoms. The lowest BCUT2D eigenvalue weighted by Crippen LogP contribution is -2.27. The van der Waals surface area contributed by atoms with Gasteiger partial charge in [0.15, 0.2) is 0 Å². The van der Waals surface area contributed by atoms with Crippen molar-refractivity contribution in [1.29, 1.82) is 0 Å². The Bertz CT molecular complexity index is 1430. The van der Waals surface area contributed by atoms with E-state index in [9.17, 15) is 9.59 Å². The van der Waals surface area contributed by atoms with E-state index < -0.39 is 0 Å². The summed E-state index contributed by atoms with van der Waals surface area (Å²) in [6.45, 7) is 4.93. The summed E-state index contributed by atoms with van der Waals surface area (Å²) in [5.41, 5.74) is 11.8. The molecule has 0 bridgehead atoms. The first-order valence-electron chi connectivity index (χ1n) is 12.7. The first-order chi connectivity index (χ1) is 18.4. The van der Waals surface area contributed by atoms with Crippen LogP contribution in [0.25, 0.3) is 11.1 Å². The quantitative estimate of drug-likeness (QED) is 0.263. The number of rotatable bonds is 9. The Labute approximate surface area is 224 Å². The van der Waals surface area contributed by atoms with Gasteiger partial charge in [0.1, 0.15) is 5.75 Å². The zero-order valence-electron chi connectivity index (χ0n) is 22.0. The fourth-order valence-corrected chi connectivity index (χ4v) is 4.22. The van der Waals surface area contributed by atoms with Crippen molar-refractivity contribution in [2.75, 3.05) is 30.4 Å². The molecule has 0 saturated heterocycles. The maximum absolute atomic E-state index is 13.3. The molecule has 4 aromatic rings. The molecule has 0 atom stereocenters. The monoisotopic (exact) mass is 507 g/mol. The van der Waals surface area contributed by atoms with Crippen LogP contribution in [0.5, 0.6) is 5.75 Å². The molecule has 6 nitrogen and oxygen atoms in total. The molecule has 2 amide bonds. The topological polar surface area (TPSA) is 84.7 Å². The Morgan fingerprint density at radius 1 is 0.895 bits per heavy atom. The van der Waals surface area contributed by atoms with E-state index in [4.69, 9.17) is 10.5 Å². The molecule has 4 rings (SSSR count). The number of benzene rings is 4. The van der Waals surface area contributed by atoms with Crippen LogP contribution >= 0.6 is 0 Å². The molecular weight excluding hydrogens is 474 g/mol. The number of anilines is 2. The second kappa shape index (κ2) is 12.2. The highest BCUT2D eigenvalue weighted by atomic mass is 16.5. The number of para-hydroxylation sites is 2. The molecule has 0 unspecified atom stereocenters. The van der Waals surface area contributed by atoms with Gasteiger partial charge in [-0.25, -0.2) is 0 Å². The summed E-state index contributed by atoms with van der Waals surface area (Å²) in [5.74, 6) is 0.249. The second-order valence-corrected chi connectivity index (χ2v) is 9.22. The van der Waals surface area contributed by atoms with Crippen LogP contribution in [0.3, 0.4) is 0 Å². The summed E-state index contributed by atoms with van der Waals surface area (Å²) in [5, 5.41) is 3.02. The van der Waals surface area contributed by atoms with E-state index in [2.05, 4.69) is 5.32 Å². The lowest BCUT2D eigenvalue weighted by Gasteiger charge is -2.21. The summed E-state index contributed by atoms with van der Waals surface area (Å²) in [6, 6.07) is 28.4. The number of aryl methyl sites for hydroxylation is 2. The molecule has 3 N–H and O–H groups in total. The van der Waals surface area contributed by atoms with Crippen LogP contribution in [0.15, 0.2) is 91.0 Å². The largest absolute Gasteiger partial charge is 0.491 e. The van der Waals surface area contributed by atoms with Crippen LogP contribution in [0, 0.1) is 13.8 Å². The van der Waals surface area contributed by atoms with Crippen LogP contribution in [0.4, 0.5) is 11.4 Å². The van der Waals surface area contributed by atoms with E-state index in [0.29, 0.717) is 41.4 Å². The van der Waals surface area contributed by atoms with Gasteiger partial charge in [0.05, 0.1) is 12.3 Å². The van der Waals surface area contributed by atoms with Crippen molar-refractivity contribution < 1.29 is 14.3 Å². The Morgan fingerprint density at radius 3 is 2.34 bits per heavy atom.